The minimum atomic E-state index is -1.76. The third-order valence-corrected chi connectivity index (χ3v) is 22.1. The van der Waals surface area contributed by atoms with E-state index in [0.717, 1.165) is 12.2 Å². The maximum absolute atomic E-state index is 11.0. The van der Waals surface area contributed by atoms with Crippen molar-refractivity contribution >= 4 is 113 Å². The van der Waals surface area contributed by atoms with E-state index >= 15 is 0 Å². The van der Waals surface area contributed by atoms with Gasteiger partial charge in [0.15, 0.2) is 0 Å². The van der Waals surface area contributed by atoms with Gasteiger partial charge in [-0.1, -0.05) is 0 Å². The van der Waals surface area contributed by atoms with Crippen molar-refractivity contribution in [3.05, 3.63) is 12.2 Å². The molecule has 1 aliphatic rings. The predicted molar refractivity (Wildman–Crippen MR) is 47.6 cm³/mol. The van der Waals surface area contributed by atoms with Gasteiger partial charge in [-0.15, -0.1) is 0 Å². The molecule has 0 aromatic rings. The van der Waals surface area contributed by atoms with Crippen LogP contribution in [0.25, 0.3) is 0 Å². The normalized spacial score (nSPS) is 22.7. The average molecular weight is 991 g/mol. The van der Waals surface area contributed by atoms with Crippen LogP contribution in [0.3, 0.4) is 0 Å². The zero-order chi connectivity index (χ0) is 10.9. The molecule has 1 rings (SSSR count). The van der Waals surface area contributed by atoms with Crippen molar-refractivity contribution in [3.63, 3.8) is 0 Å². The van der Waals surface area contributed by atoms with Crippen molar-refractivity contribution in [2.24, 2.45) is 0 Å². The van der Waals surface area contributed by atoms with Crippen LogP contribution in [0.1, 0.15) is 0 Å². The molecule has 76 valence electrons. The van der Waals surface area contributed by atoms with Crippen molar-refractivity contribution in [2.75, 3.05) is 0 Å². The second-order valence-corrected chi connectivity index (χ2v) is 29.3. The summed E-state index contributed by atoms with van der Waals surface area (Å²) >= 11 is -6.48. The molecule has 11 heteroatoms. The van der Waals surface area contributed by atoms with Gasteiger partial charge in [-0.25, -0.2) is 0 Å². The first kappa shape index (κ1) is 15.3. The van der Waals surface area contributed by atoms with Gasteiger partial charge in [0, 0.05) is 0 Å². The molecular formula is C4H2O7Pb4. The molecule has 0 saturated carbocycles. The van der Waals surface area contributed by atoms with E-state index in [-0.39, 0.29) is 0 Å². The molecule has 1 heterocycles. The molecule has 0 saturated heterocycles. The van der Waals surface area contributed by atoms with Gasteiger partial charge < -0.3 is 0 Å². The third-order valence-electron chi connectivity index (χ3n) is 0.890. The van der Waals surface area contributed by atoms with E-state index in [9.17, 15) is 9.59 Å². The number of rotatable bonds is 0. The van der Waals surface area contributed by atoms with Crippen molar-refractivity contribution in [2.45, 2.75) is 0 Å². The Balaban J connectivity index is 2.39. The SMILES string of the molecule is O=C1/C=C\C(=O)[O][Pb][O][Pb][O][Pb][O][Pb][O]1. The Labute approximate surface area is 139 Å². The van der Waals surface area contributed by atoms with E-state index in [1.165, 1.54) is 0 Å². The Morgan fingerprint density at radius 2 is 1.13 bits per heavy atom. The van der Waals surface area contributed by atoms with Gasteiger partial charge in [-0.3, -0.25) is 0 Å². The first-order valence-corrected chi connectivity index (χ1v) is 16.1. The molecule has 0 atom stereocenters. The van der Waals surface area contributed by atoms with Crippen LogP contribution in [0.2, 0.25) is 0 Å². The summed E-state index contributed by atoms with van der Waals surface area (Å²) in [7, 11) is 0. The topological polar surface area (TPSA) is 80.3 Å². The second-order valence-electron chi connectivity index (χ2n) is 1.82. The van der Waals surface area contributed by atoms with Crippen molar-refractivity contribution in [3.8, 4) is 0 Å². The quantitative estimate of drug-likeness (QED) is 0.256. The van der Waals surface area contributed by atoms with Crippen LogP contribution in [0.5, 0.6) is 0 Å². The zero-order valence-corrected chi connectivity index (χ0v) is 22.6. The van der Waals surface area contributed by atoms with Gasteiger partial charge in [0.05, 0.1) is 0 Å². The Morgan fingerprint density at radius 3 is 1.60 bits per heavy atom. The summed E-state index contributed by atoms with van der Waals surface area (Å²) in [5, 5.41) is 0. The van der Waals surface area contributed by atoms with Crippen LogP contribution >= 0.6 is 0 Å². The molecule has 1 aliphatic heterocycles. The first-order valence-electron chi connectivity index (χ1n) is 3.36. The van der Waals surface area contributed by atoms with Crippen molar-refractivity contribution in [1.29, 1.82) is 0 Å². The fraction of sp³-hybridized carbons (Fsp3) is 0. The summed E-state index contributed by atoms with van der Waals surface area (Å²) in [6.07, 6.45) is 2.10. The molecule has 0 aromatic carbocycles. The Morgan fingerprint density at radius 1 is 0.733 bits per heavy atom. The first-order chi connectivity index (χ1) is 7.29. The van der Waals surface area contributed by atoms with Crippen LogP contribution in [0.4, 0.5) is 0 Å². The summed E-state index contributed by atoms with van der Waals surface area (Å²) < 4.78 is 25.3. The van der Waals surface area contributed by atoms with Crippen LogP contribution in [-0.2, 0) is 16.9 Å². The van der Waals surface area contributed by atoms with Crippen LogP contribution in [0.15, 0.2) is 12.2 Å². The van der Waals surface area contributed by atoms with E-state index in [0.29, 0.717) is 0 Å². The summed E-state index contributed by atoms with van der Waals surface area (Å²) in [6, 6.07) is 0. The number of carbonyl (C=O) groups is 2. The molecular weight excluding hydrogens is 989 g/mol. The average Bonchev–Trinajstić information content (AvgIpc) is 2.24. The van der Waals surface area contributed by atoms with Gasteiger partial charge in [0.25, 0.3) is 0 Å². The summed E-state index contributed by atoms with van der Waals surface area (Å²) in [4.78, 5) is 21.9. The Kier molecular flexibility index (Phi) is 10.4. The number of hydrogen-bond acceptors (Lipinski definition) is 7. The zero-order valence-electron chi connectivity index (χ0n) is 7.01. The van der Waals surface area contributed by atoms with Gasteiger partial charge in [-0.05, 0) is 0 Å². The molecule has 7 nitrogen and oxygen atoms in total. The number of hydrogen-bond donors (Lipinski definition) is 0. The minimum absolute atomic E-state index is 0.547. The maximum atomic E-state index is 11.0. The standard InChI is InChI=1S/C4H4O4.3O.4Pb/c5-3(6)1-2-4(7)8;;;;;;;/h1-2H,(H,5,6)(H,7,8);;;;;;;/q;;;;;;2*+1/p-2/b2-1-;;;;;;;. The summed E-state index contributed by atoms with van der Waals surface area (Å²) in [5.41, 5.74) is 0. The van der Waals surface area contributed by atoms with E-state index in [1.807, 2.05) is 0 Å². The molecule has 0 N–H and O–H groups in total. The van der Waals surface area contributed by atoms with Crippen molar-refractivity contribution < 1.29 is 16.9 Å². The van der Waals surface area contributed by atoms with Crippen LogP contribution in [-0.4, -0.2) is 113 Å². The molecule has 0 aromatic heterocycles. The van der Waals surface area contributed by atoms with E-state index in [4.69, 9.17) is 7.29 Å². The molecule has 8 radical (unpaired) electrons. The van der Waals surface area contributed by atoms with E-state index in [1.54, 1.807) is 0 Å². The molecule has 0 bridgehead atoms. The summed E-state index contributed by atoms with van der Waals surface area (Å²) in [5.74, 6) is -1.09. The molecule has 0 amide bonds. The Bertz CT molecular complexity index is 231. The second kappa shape index (κ2) is 10.2. The molecule has 0 unspecified atom stereocenters. The molecule has 0 spiro atoms. The van der Waals surface area contributed by atoms with Crippen LogP contribution < -0.4 is 0 Å². The van der Waals surface area contributed by atoms with E-state index in [2.05, 4.69) is 0 Å². The predicted octanol–water partition coefficient (Wildman–Crippen LogP) is -2.17. The Hall–Kier alpha value is 2.25. The van der Waals surface area contributed by atoms with Gasteiger partial charge >= 0.3 is 142 Å². The van der Waals surface area contributed by atoms with Gasteiger partial charge in [-0.2, -0.15) is 0 Å². The van der Waals surface area contributed by atoms with Crippen LogP contribution in [0, 0.1) is 0 Å². The fourth-order valence-corrected chi connectivity index (χ4v) is 36.7. The third kappa shape index (κ3) is 8.90. The van der Waals surface area contributed by atoms with Crippen molar-refractivity contribution in [1.82, 2.24) is 0 Å². The monoisotopic (exact) mass is 994 g/mol. The molecule has 15 heavy (non-hydrogen) atoms. The molecule has 0 aliphatic carbocycles. The van der Waals surface area contributed by atoms with Gasteiger partial charge in [0.1, 0.15) is 0 Å². The van der Waals surface area contributed by atoms with E-state index < -0.39 is 113 Å². The summed E-state index contributed by atoms with van der Waals surface area (Å²) in [6.45, 7) is 0. The number of carbonyl (C=O) groups excluding carboxylic acids is 2. The fourth-order valence-electron chi connectivity index (χ4n) is 0.421. The van der Waals surface area contributed by atoms with Gasteiger partial charge in [0.2, 0.25) is 0 Å². The molecule has 0 fully saturated rings.